The van der Waals surface area contributed by atoms with E-state index in [0.717, 1.165) is 12.8 Å². The van der Waals surface area contributed by atoms with Crippen LogP contribution in [0.4, 0.5) is 5.69 Å². The number of nitrogens with zero attached hydrogens (tertiary/aromatic N) is 1. The third kappa shape index (κ3) is 3.25. The number of hydrogen-bond acceptors (Lipinski definition) is 4. The monoisotopic (exact) mass is 283 g/mol. The Kier molecular flexibility index (Phi) is 4.42. The molecule has 0 aliphatic heterocycles. The van der Waals surface area contributed by atoms with Crippen molar-refractivity contribution < 1.29 is 8.42 Å². The van der Waals surface area contributed by atoms with Crippen molar-refractivity contribution in [2.75, 3.05) is 11.9 Å². The van der Waals surface area contributed by atoms with Gasteiger partial charge in [-0.15, -0.1) is 0 Å². The van der Waals surface area contributed by atoms with Crippen molar-refractivity contribution in [1.29, 1.82) is 0 Å². The van der Waals surface area contributed by atoms with Crippen molar-refractivity contribution in [2.45, 2.75) is 44.2 Å². The second-order valence-corrected chi connectivity index (χ2v) is 6.62. The Labute approximate surface area is 114 Å². The van der Waals surface area contributed by atoms with Crippen LogP contribution in [0.1, 0.15) is 33.1 Å². The van der Waals surface area contributed by atoms with E-state index in [1.54, 1.807) is 12.1 Å². The van der Waals surface area contributed by atoms with E-state index in [1.165, 1.54) is 12.6 Å². The molecule has 0 aromatic carbocycles. The highest BCUT2D eigenvalue weighted by Crippen LogP contribution is 2.30. The van der Waals surface area contributed by atoms with Gasteiger partial charge >= 0.3 is 0 Å². The van der Waals surface area contributed by atoms with Crippen LogP contribution in [0.5, 0.6) is 0 Å². The highest BCUT2D eigenvalue weighted by Gasteiger charge is 2.29. The molecule has 1 heterocycles. The number of hydrogen-bond donors (Lipinski definition) is 2. The van der Waals surface area contributed by atoms with Gasteiger partial charge in [0, 0.05) is 18.8 Å². The van der Waals surface area contributed by atoms with E-state index in [-0.39, 0.29) is 11.1 Å². The minimum Gasteiger partial charge on any atom is -0.383 e. The molecule has 1 fully saturated rings. The van der Waals surface area contributed by atoms with Crippen LogP contribution in [-0.2, 0) is 10.0 Å². The summed E-state index contributed by atoms with van der Waals surface area (Å²) in [7, 11) is -3.56. The third-order valence-corrected chi connectivity index (χ3v) is 5.11. The van der Waals surface area contributed by atoms with Crippen molar-refractivity contribution in [1.82, 2.24) is 9.71 Å². The Morgan fingerprint density at radius 2 is 2.21 bits per heavy atom. The van der Waals surface area contributed by atoms with Crippen LogP contribution in [0.3, 0.4) is 0 Å². The Balaban J connectivity index is 2.18. The fraction of sp³-hybridized carbons (Fsp3) is 0.615. The van der Waals surface area contributed by atoms with E-state index in [9.17, 15) is 8.42 Å². The summed E-state index contributed by atoms with van der Waals surface area (Å²) in [5.41, 5.74) is 0.554. The van der Waals surface area contributed by atoms with Crippen LogP contribution in [0.2, 0.25) is 0 Å². The van der Waals surface area contributed by atoms with Crippen molar-refractivity contribution >= 4 is 15.7 Å². The average Bonchev–Trinajstić information content (AvgIpc) is 2.26. The first-order valence-corrected chi connectivity index (χ1v) is 8.24. The van der Waals surface area contributed by atoms with E-state index in [4.69, 9.17) is 0 Å². The molecule has 1 unspecified atom stereocenters. The maximum atomic E-state index is 12.4. The first kappa shape index (κ1) is 14.3. The van der Waals surface area contributed by atoms with Crippen LogP contribution >= 0.6 is 0 Å². The molecule has 19 heavy (non-hydrogen) atoms. The van der Waals surface area contributed by atoms with Crippen LogP contribution in [0.15, 0.2) is 23.4 Å². The molecule has 1 saturated carbocycles. The Hall–Kier alpha value is -1.14. The standard InChI is InChI=1S/C13H21N3O2S/c1-3-14-12-8-5-9-15-13(12)19(17,18)16-10(2)11-6-4-7-11/h5,8-11,14,16H,3-4,6-7H2,1-2H3. The van der Waals surface area contributed by atoms with Gasteiger partial charge in [-0.3, -0.25) is 0 Å². The Morgan fingerprint density at radius 1 is 1.47 bits per heavy atom. The minimum atomic E-state index is -3.56. The van der Waals surface area contributed by atoms with Gasteiger partial charge in [0.25, 0.3) is 10.0 Å². The van der Waals surface area contributed by atoms with Gasteiger partial charge in [-0.05, 0) is 44.7 Å². The van der Waals surface area contributed by atoms with Crippen LogP contribution in [-0.4, -0.2) is 26.0 Å². The first-order chi connectivity index (χ1) is 9.04. The molecule has 1 aliphatic rings. The predicted octanol–water partition coefficient (Wildman–Crippen LogP) is 1.98. The van der Waals surface area contributed by atoms with Gasteiger partial charge < -0.3 is 5.32 Å². The summed E-state index contributed by atoms with van der Waals surface area (Å²) in [6, 6.07) is 3.43. The quantitative estimate of drug-likeness (QED) is 0.837. The summed E-state index contributed by atoms with van der Waals surface area (Å²) >= 11 is 0. The largest absolute Gasteiger partial charge is 0.383 e. The Morgan fingerprint density at radius 3 is 2.79 bits per heavy atom. The molecule has 2 rings (SSSR count). The van der Waals surface area contributed by atoms with E-state index >= 15 is 0 Å². The summed E-state index contributed by atoms with van der Waals surface area (Å²) in [6.45, 7) is 4.51. The number of aromatic nitrogens is 1. The van der Waals surface area contributed by atoms with Gasteiger partial charge in [-0.2, -0.15) is 0 Å². The van der Waals surface area contributed by atoms with Crippen LogP contribution in [0.25, 0.3) is 0 Å². The highest BCUT2D eigenvalue weighted by molar-refractivity contribution is 7.89. The number of nitrogens with one attached hydrogen (secondary N) is 2. The lowest BCUT2D eigenvalue weighted by atomic mass is 9.81. The van der Waals surface area contributed by atoms with E-state index in [2.05, 4.69) is 15.0 Å². The lowest BCUT2D eigenvalue weighted by Gasteiger charge is -2.31. The van der Waals surface area contributed by atoms with Crippen LogP contribution < -0.4 is 10.0 Å². The molecule has 1 aromatic rings. The second-order valence-electron chi connectivity index (χ2n) is 4.99. The average molecular weight is 283 g/mol. The predicted molar refractivity (Wildman–Crippen MR) is 75.5 cm³/mol. The maximum Gasteiger partial charge on any atom is 0.260 e. The lowest BCUT2D eigenvalue weighted by Crippen LogP contribution is -2.41. The zero-order valence-corrected chi connectivity index (χ0v) is 12.2. The molecule has 1 atom stereocenters. The molecule has 0 amide bonds. The van der Waals surface area contributed by atoms with Crippen molar-refractivity contribution in [2.24, 2.45) is 5.92 Å². The first-order valence-electron chi connectivity index (χ1n) is 6.76. The summed E-state index contributed by atoms with van der Waals surface area (Å²) < 4.78 is 27.5. The lowest BCUT2D eigenvalue weighted by molar-refractivity contribution is 0.260. The fourth-order valence-electron chi connectivity index (χ4n) is 2.27. The van der Waals surface area contributed by atoms with E-state index in [0.29, 0.717) is 18.2 Å². The third-order valence-electron chi connectivity index (χ3n) is 3.59. The molecule has 5 nitrogen and oxygen atoms in total. The van der Waals surface area contributed by atoms with Crippen molar-refractivity contribution in [3.8, 4) is 0 Å². The molecule has 0 radical (unpaired) electrons. The van der Waals surface area contributed by atoms with Gasteiger partial charge in [0.2, 0.25) is 0 Å². The summed E-state index contributed by atoms with van der Waals surface area (Å²) in [4.78, 5) is 4.01. The number of rotatable bonds is 6. The molecule has 106 valence electrons. The fourth-order valence-corrected chi connectivity index (χ4v) is 3.69. The molecule has 0 spiro atoms. The number of pyridine rings is 1. The maximum absolute atomic E-state index is 12.4. The molecule has 1 aromatic heterocycles. The number of sulfonamides is 1. The van der Waals surface area contributed by atoms with Gasteiger partial charge in [-0.1, -0.05) is 6.42 Å². The van der Waals surface area contributed by atoms with Gasteiger partial charge in [0.05, 0.1) is 5.69 Å². The van der Waals surface area contributed by atoms with Crippen molar-refractivity contribution in [3.63, 3.8) is 0 Å². The van der Waals surface area contributed by atoms with Gasteiger partial charge in [-0.25, -0.2) is 18.1 Å². The summed E-state index contributed by atoms with van der Waals surface area (Å²) in [5, 5.41) is 3.12. The molecule has 0 bridgehead atoms. The Bertz CT molecular complexity index is 526. The molecule has 2 N–H and O–H groups in total. The van der Waals surface area contributed by atoms with Crippen molar-refractivity contribution in [3.05, 3.63) is 18.3 Å². The van der Waals surface area contributed by atoms with E-state index < -0.39 is 10.0 Å². The molecular formula is C13H21N3O2S. The van der Waals surface area contributed by atoms with Gasteiger partial charge in [0.15, 0.2) is 5.03 Å². The second kappa shape index (κ2) is 5.88. The zero-order valence-electron chi connectivity index (χ0n) is 11.4. The molecular weight excluding hydrogens is 262 g/mol. The normalized spacial score (nSPS) is 17.8. The molecule has 6 heteroatoms. The summed E-state index contributed by atoms with van der Waals surface area (Å²) in [6.07, 6.45) is 4.91. The topological polar surface area (TPSA) is 71.1 Å². The molecule has 1 aliphatic carbocycles. The minimum absolute atomic E-state index is 0.0322. The highest BCUT2D eigenvalue weighted by atomic mass is 32.2. The van der Waals surface area contributed by atoms with Crippen LogP contribution in [0, 0.1) is 5.92 Å². The molecule has 0 saturated heterocycles. The SMILES string of the molecule is CCNc1cccnc1S(=O)(=O)NC(C)C1CCC1. The zero-order chi connectivity index (χ0) is 13.9. The summed E-state index contributed by atoms with van der Waals surface area (Å²) in [5.74, 6) is 0.459. The smallest absolute Gasteiger partial charge is 0.260 e. The number of anilines is 1. The van der Waals surface area contributed by atoms with Gasteiger partial charge in [0.1, 0.15) is 0 Å². The van der Waals surface area contributed by atoms with E-state index in [1.807, 2.05) is 13.8 Å².